The van der Waals surface area contributed by atoms with Gasteiger partial charge in [0.2, 0.25) is 0 Å². The molecule has 6 heteroatoms. The lowest BCUT2D eigenvalue weighted by Gasteiger charge is -2.39. The van der Waals surface area contributed by atoms with Gasteiger partial charge in [-0.25, -0.2) is 0 Å². The summed E-state index contributed by atoms with van der Waals surface area (Å²) < 4.78 is 0. The van der Waals surface area contributed by atoms with Crippen LogP contribution in [0.5, 0.6) is 0 Å². The van der Waals surface area contributed by atoms with Gasteiger partial charge in [-0.2, -0.15) is 0 Å². The fraction of sp³-hybridized carbons (Fsp3) is 0.545. The maximum absolute atomic E-state index is 11.6. The molecule has 1 aliphatic heterocycles. The third-order valence-electron chi connectivity index (χ3n) is 2.89. The number of carbonyl (C=O) groups is 1. The van der Waals surface area contributed by atoms with Crippen LogP contribution in [0.1, 0.15) is 10.5 Å². The summed E-state index contributed by atoms with van der Waals surface area (Å²) in [6, 6.07) is 3.54. The Labute approximate surface area is 100 Å². The van der Waals surface area contributed by atoms with Gasteiger partial charge in [-0.1, -0.05) is 0 Å². The number of carbonyl (C=O) groups excluding carboxylic acids is 1. The van der Waals surface area contributed by atoms with Crippen LogP contribution in [-0.4, -0.2) is 54.7 Å². The molecule has 1 aliphatic rings. The highest BCUT2D eigenvalue weighted by Crippen LogP contribution is 2.21. The summed E-state index contributed by atoms with van der Waals surface area (Å²) in [6.45, 7) is 2.55. The van der Waals surface area contributed by atoms with E-state index in [1.807, 2.05) is 6.07 Å². The van der Waals surface area contributed by atoms with Crippen molar-refractivity contribution in [2.75, 3.05) is 38.6 Å². The Kier molecular flexibility index (Phi) is 3.23. The van der Waals surface area contributed by atoms with Gasteiger partial charge in [-0.3, -0.25) is 4.79 Å². The molecule has 0 atom stereocenters. The molecule has 0 unspecified atom stereocenters. The summed E-state index contributed by atoms with van der Waals surface area (Å²) in [5.74, 6) is 1.23. The molecule has 1 fully saturated rings. The lowest BCUT2D eigenvalue weighted by molar-refractivity contribution is 0.0821. The molecular formula is C11H17N5O. The molecule has 6 nitrogen and oxygen atoms in total. The van der Waals surface area contributed by atoms with Crippen molar-refractivity contribution in [3.8, 4) is 0 Å². The first-order chi connectivity index (χ1) is 8.11. The molecule has 1 aromatic rings. The van der Waals surface area contributed by atoms with Crippen LogP contribution >= 0.6 is 0 Å². The van der Waals surface area contributed by atoms with E-state index in [9.17, 15) is 4.79 Å². The summed E-state index contributed by atoms with van der Waals surface area (Å²) in [6.07, 6.45) is 0. The maximum atomic E-state index is 11.6. The van der Waals surface area contributed by atoms with Gasteiger partial charge >= 0.3 is 0 Å². The van der Waals surface area contributed by atoms with Crippen molar-refractivity contribution >= 4 is 11.7 Å². The maximum Gasteiger partial charge on any atom is 0.273 e. The van der Waals surface area contributed by atoms with Crippen LogP contribution in [0.2, 0.25) is 0 Å². The van der Waals surface area contributed by atoms with Crippen LogP contribution in [0.15, 0.2) is 12.1 Å². The summed E-state index contributed by atoms with van der Waals surface area (Å²) in [7, 11) is 3.39. The zero-order chi connectivity index (χ0) is 12.4. The van der Waals surface area contributed by atoms with Gasteiger partial charge < -0.3 is 15.5 Å². The molecule has 1 aromatic heterocycles. The summed E-state index contributed by atoms with van der Waals surface area (Å²) in [5, 5.41) is 8.00. The van der Waals surface area contributed by atoms with Crippen molar-refractivity contribution in [2.45, 2.75) is 0 Å². The van der Waals surface area contributed by atoms with Crippen molar-refractivity contribution in [1.29, 1.82) is 0 Å². The Hall–Kier alpha value is -1.69. The number of nitrogens with two attached hydrogens (primary N) is 1. The normalized spacial score (nSPS) is 15.6. The minimum atomic E-state index is -0.132. The van der Waals surface area contributed by atoms with E-state index in [1.54, 1.807) is 20.2 Å². The molecule has 0 aliphatic carbocycles. The van der Waals surface area contributed by atoms with E-state index in [2.05, 4.69) is 15.1 Å². The monoisotopic (exact) mass is 235 g/mol. The molecule has 2 N–H and O–H groups in total. The minimum absolute atomic E-state index is 0.132. The lowest BCUT2D eigenvalue weighted by atomic mass is 10.0. The molecule has 0 saturated carbocycles. The lowest BCUT2D eigenvalue weighted by Crippen LogP contribution is -2.50. The molecule has 2 heterocycles. The molecule has 17 heavy (non-hydrogen) atoms. The topological polar surface area (TPSA) is 75.4 Å². The standard InChI is InChI=1S/C11H17N5O/c1-15(2)11(17)9-3-4-10(14-13-9)16-6-8(5-12)7-16/h3-4,8H,5-7,12H2,1-2H3. The number of amides is 1. The van der Waals surface area contributed by atoms with Crippen LogP contribution in [0, 0.1) is 5.92 Å². The van der Waals surface area contributed by atoms with Crippen molar-refractivity contribution < 1.29 is 4.79 Å². The first-order valence-corrected chi connectivity index (χ1v) is 5.62. The molecular weight excluding hydrogens is 218 g/mol. The highest BCUT2D eigenvalue weighted by atomic mass is 16.2. The first-order valence-electron chi connectivity index (χ1n) is 5.62. The second-order valence-electron chi connectivity index (χ2n) is 4.48. The van der Waals surface area contributed by atoms with E-state index in [4.69, 9.17) is 5.73 Å². The molecule has 0 radical (unpaired) electrons. The number of hydrogen-bond donors (Lipinski definition) is 1. The molecule has 1 saturated heterocycles. The van der Waals surface area contributed by atoms with Crippen molar-refractivity contribution in [3.63, 3.8) is 0 Å². The van der Waals surface area contributed by atoms with E-state index >= 15 is 0 Å². The van der Waals surface area contributed by atoms with Crippen molar-refractivity contribution in [2.24, 2.45) is 11.7 Å². The third-order valence-corrected chi connectivity index (χ3v) is 2.89. The SMILES string of the molecule is CN(C)C(=O)c1ccc(N2CC(CN)C2)nn1. The number of aromatic nitrogens is 2. The predicted molar refractivity (Wildman–Crippen MR) is 64.8 cm³/mol. The van der Waals surface area contributed by atoms with E-state index in [0.717, 1.165) is 18.9 Å². The Morgan fingerprint density at radius 3 is 2.65 bits per heavy atom. The summed E-state index contributed by atoms with van der Waals surface area (Å²) >= 11 is 0. The van der Waals surface area contributed by atoms with Crippen molar-refractivity contribution in [3.05, 3.63) is 17.8 Å². The highest BCUT2D eigenvalue weighted by molar-refractivity contribution is 5.91. The number of anilines is 1. The highest BCUT2D eigenvalue weighted by Gasteiger charge is 2.26. The quantitative estimate of drug-likeness (QED) is 0.769. The molecule has 0 bridgehead atoms. The summed E-state index contributed by atoms with van der Waals surface area (Å²) in [5.41, 5.74) is 5.93. The fourth-order valence-corrected chi connectivity index (χ4v) is 1.74. The minimum Gasteiger partial charge on any atom is -0.354 e. The number of hydrogen-bond acceptors (Lipinski definition) is 5. The number of rotatable bonds is 3. The van der Waals surface area contributed by atoms with Crippen LogP contribution in [-0.2, 0) is 0 Å². The molecule has 92 valence electrons. The second kappa shape index (κ2) is 4.67. The average Bonchev–Trinajstić information content (AvgIpc) is 2.27. The number of nitrogens with zero attached hydrogens (tertiary/aromatic N) is 4. The van der Waals surface area contributed by atoms with Crippen molar-refractivity contribution in [1.82, 2.24) is 15.1 Å². The molecule has 0 spiro atoms. The van der Waals surface area contributed by atoms with Gasteiger partial charge in [-0.15, -0.1) is 10.2 Å². The average molecular weight is 235 g/mol. The van der Waals surface area contributed by atoms with E-state index in [0.29, 0.717) is 18.2 Å². The predicted octanol–water partition coefficient (Wildman–Crippen LogP) is -0.427. The first kappa shape index (κ1) is 11.8. The second-order valence-corrected chi connectivity index (χ2v) is 4.48. The Morgan fingerprint density at radius 2 is 2.18 bits per heavy atom. The van der Waals surface area contributed by atoms with E-state index < -0.39 is 0 Å². The van der Waals surface area contributed by atoms with Crippen LogP contribution in [0.25, 0.3) is 0 Å². The van der Waals surface area contributed by atoms with Crippen LogP contribution in [0.3, 0.4) is 0 Å². The van der Waals surface area contributed by atoms with Gasteiger partial charge in [0, 0.05) is 33.1 Å². The fourth-order valence-electron chi connectivity index (χ4n) is 1.74. The largest absolute Gasteiger partial charge is 0.354 e. The molecule has 1 amide bonds. The Bertz CT molecular complexity index is 397. The Balaban J connectivity index is 2.02. The van der Waals surface area contributed by atoms with Crippen LogP contribution < -0.4 is 10.6 Å². The zero-order valence-electron chi connectivity index (χ0n) is 10.1. The van der Waals surface area contributed by atoms with Gasteiger partial charge in [0.05, 0.1) is 0 Å². The Morgan fingerprint density at radius 1 is 1.47 bits per heavy atom. The molecule has 0 aromatic carbocycles. The van der Waals surface area contributed by atoms with Gasteiger partial charge in [-0.05, 0) is 18.7 Å². The zero-order valence-corrected chi connectivity index (χ0v) is 10.1. The van der Waals surface area contributed by atoms with Gasteiger partial charge in [0.15, 0.2) is 11.5 Å². The van der Waals surface area contributed by atoms with E-state index in [1.165, 1.54) is 4.90 Å². The third kappa shape index (κ3) is 2.36. The smallest absolute Gasteiger partial charge is 0.273 e. The van der Waals surface area contributed by atoms with Gasteiger partial charge in [0.1, 0.15) is 0 Å². The van der Waals surface area contributed by atoms with Crippen LogP contribution in [0.4, 0.5) is 5.82 Å². The van der Waals surface area contributed by atoms with Gasteiger partial charge in [0.25, 0.3) is 5.91 Å². The summed E-state index contributed by atoms with van der Waals surface area (Å²) in [4.78, 5) is 15.2. The van der Waals surface area contributed by atoms with E-state index in [-0.39, 0.29) is 5.91 Å². The molecule has 2 rings (SSSR count).